The molecule has 1 fully saturated rings. The number of unbranched alkanes of at least 4 members (excludes halogenated alkanes) is 2. The summed E-state index contributed by atoms with van der Waals surface area (Å²) in [6, 6.07) is 15.3. The van der Waals surface area contributed by atoms with Crippen molar-refractivity contribution in [2.45, 2.75) is 51.6 Å². The Labute approximate surface area is 190 Å². The van der Waals surface area contributed by atoms with Gasteiger partial charge in [-0.05, 0) is 37.5 Å². The number of carbonyl (C=O) groups excluding carboxylic acids is 1. The largest absolute Gasteiger partial charge is 0.328 e. The molecule has 1 unspecified atom stereocenters. The van der Waals surface area contributed by atoms with E-state index in [1.807, 2.05) is 41.3 Å². The first-order valence-electron chi connectivity index (χ1n) is 11.3. The van der Waals surface area contributed by atoms with Gasteiger partial charge in [0.2, 0.25) is 0 Å². The van der Waals surface area contributed by atoms with Crippen LogP contribution in [0.2, 0.25) is 0 Å². The third-order valence-corrected chi connectivity index (χ3v) is 7.29. The molecule has 1 atom stereocenters. The van der Waals surface area contributed by atoms with Crippen molar-refractivity contribution < 1.29 is 4.79 Å². The van der Waals surface area contributed by atoms with E-state index in [-0.39, 0.29) is 17.5 Å². The standard InChI is InChI=1S/C25H26N4O2S/c1-2-3-8-16-29-24(30)18-11-5-4-10-17(18)22(27-29)25(31)28-15-9-13-20(28)23-26-19-12-6-7-14-21(19)32-23/h4-7,10-12,14,20H,2-3,8-9,13,15-16H2,1H3. The Morgan fingerprint density at radius 3 is 2.69 bits per heavy atom. The molecular weight excluding hydrogens is 420 g/mol. The number of para-hydroxylation sites is 1. The Morgan fingerprint density at radius 1 is 1.09 bits per heavy atom. The van der Waals surface area contributed by atoms with Crippen molar-refractivity contribution in [2.24, 2.45) is 0 Å². The van der Waals surface area contributed by atoms with Gasteiger partial charge in [-0.1, -0.05) is 50.1 Å². The first-order chi connectivity index (χ1) is 15.7. The van der Waals surface area contributed by atoms with Gasteiger partial charge in [-0.25, -0.2) is 9.67 Å². The quantitative estimate of drug-likeness (QED) is 0.383. The zero-order valence-electron chi connectivity index (χ0n) is 18.2. The van der Waals surface area contributed by atoms with Crippen molar-refractivity contribution >= 4 is 38.2 Å². The van der Waals surface area contributed by atoms with Gasteiger partial charge in [0.05, 0.1) is 21.6 Å². The van der Waals surface area contributed by atoms with Crippen LogP contribution in [0.1, 0.15) is 60.6 Å². The maximum absolute atomic E-state index is 13.8. The summed E-state index contributed by atoms with van der Waals surface area (Å²) in [4.78, 5) is 33.5. The van der Waals surface area contributed by atoms with E-state index >= 15 is 0 Å². The summed E-state index contributed by atoms with van der Waals surface area (Å²) in [6.45, 7) is 3.32. The highest BCUT2D eigenvalue weighted by molar-refractivity contribution is 7.18. The Bertz CT molecular complexity index is 1310. The second-order valence-electron chi connectivity index (χ2n) is 8.31. The summed E-state index contributed by atoms with van der Waals surface area (Å²) in [6.07, 6.45) is 4.77. The van der Waals surface area contributed by atoms with Crippen LogP contribution < -0.4 is 5.56 Å². The SMILES string of the molecule is CCCCCn1nc(C(=O)N2CCCC2c2nc3ccccc3s2)c2ccccc2c1=O. The van der Waals surface area contributed by atoms with Crippen LogP contribution >= 0.6 is 11.3 Å². The summed E-state index contributed by atoms with van der Waals surface area (Å²) in [5.74, 6) is -0.118. The van der Waals surface area contributed by atoms with Gasteiger partial charge < -0.3 is 4.90 Å². The number of nitrogens with zero attached hydrogens (tertiary/aromatic N) is 4. The van der Waals surface area contributed by atoms with Crippen molar-refractivity contribution in [3.8, 4) is 0 Å². The predicted molar refractivity (Wildman–Crippen MR) is 128 cm³/mol. The van der Waals surface area contributed by atoms with Gasteiger partial charge in [-0.2, -0.15) is 5.10 Å². The molecule has 7 heteroatoms. The molecule has 1 aliphatic rings. The molecule has 2 aromatic carbocycles. The molecule has 5 rings (SSSR count). The minimum atomic E-state index is -0.127. The van der Waals surface area contributed by atoms with E-state index in [9.17, 15) is 9.59 Å². The van der Waals surface area contributed by atoms with Gasteiger partial charge in [0.1, 0.15) is 5.01 Å². The molecule has 6 nitrogen and oxygen atoms in total. The number of amides is 1. The van der Waals surface area contributed by atoms with E-state index in [0.29, 0.717) is 29.6 Å². The average molecular weight is 447 g/mol. The Morgan fingerprint density at radius 2 is 1.88 bits per heavy atom. The highest BCUT2D eigenvalue weighted by atomic mass is 32.1. The Balaban J connectivity index is 1.54. The molecule has 3 heterocycles. The van der Waals surface area contributed by atoms with Crippen molar-refractivity contribution in [1.82, 2.24) is 19.7 Å². The Hall–Kier alpha value is -3.06. The molecule has 0 bridgehead atoms. The second-order valence-corrected chi connectivity index (χ2v) is 9.37. The van der Waals surface area contributed by atoms with Crippen LogP contribution in [0.3, 0.4) is 0 Å². The van der Waals surface area contributed by atoms with E-state index in [1.165, 1.54) is 4.68 Å². The van der Waals surface area contributed by atoms with Crippen molar-refractivity contribution in [2.75, 3.05) is 6.54 Å². The summed E-state index contributed by atoms with van der Waals surface area (Å²) in [5.41, 5.74) is 1.21. The first kappa shape index (κ1) is 20.8. The number of aryl methyl sites for hydroxylation is 1. The smallest absolute Gasteiger partial charge is 0.275 e. The first-order valence-corrected chi connectivity index (χ1v) is 12.2. The highest BCUT2D eigenvalue weighted by Gasteiger charge is 2.34. The molecule has 0 N–H and O–H groups in total. The maximum atomic E-state index is 13.8. The topological polar surface area (TPSA) is 68.1 Å². The zero-order chi connectivity index (χ0) is 22.1. The molecule has 0 radical (unpaired) electrons. The lowest BCUT2D eigenvalue weighted by molar-refractivity contribution is 0.0729. The van der Waals surface area contributed by atoms with Crippen LogP contribution in [0.25, 0.3) is 21.0 Å². The molecule has 4 aromatic rings. The third-order valence-electron chi connectivity index (χ3n) is 6.15. The number of rotatable bonds is 6. The number of likely N-dealkylation sites (tertiary alicyclic amines) is 1. The van der Waals surface area contributed by atoms with E-state index in [4.69, 9.17) is 4.98 Å². The molecule has 0 aliphatic carbocycles. The van der Waals surface area contributed by atoms with Gasteiger partial charge in [-0.15, -0.1) is 11.3 Å². The average Bonchev–Trinajstić information content (AvgIpc) is 3.47. The minimum Gasteiger partial charge on any atom is -0.328 e. The van der Waals surface area contributed by atoms with E-state index in [0.717, 1.165) is 47.3 Å². The van der Waals surface area contributed by atoms with Crippen LogP contribution in [-0.2, 0) is 6.54 Å². The molecule has 1 amide bonds. The zero-order valence-corrected chi connectivity index (χ0v) is 19.0. The lowest BCUT2D eigenvalue weighted by Crippen LogP contribution is -2.34. The van der Waals surface area contributed by atoms with Crippen LogP contribution in [0.15, 0.2) is 53.3 Å². The fourth-order valence-electron chi connectivity index (χ4n) is 4.49. The summed E-state index contributed by atoms with van der Waals surface area (Å²) in [7, 11) is 0. The number of hydrogen-bond acceptors (Lipinski definition) is 5. The van der Waals surface area contributed by atoms with Crippen LogP contribution in [-0.4, -0.2) is 32.1 Å². The number of aromatic nitrogens is 3. The van der Waals surface area contributed by atoms with Gasteiger partial charge in [0.25, 0.3) is 11.5 Å². The summed E-state index contributed by atoms with van der Waals surface area (Å²) in [5, 5.41) is 6.74. The Kier molecular flexibility index (Phi) is 5.74. The highest BCUT2D eigenvalue weighted by Crippen LogP contribution is 2.37. The molecule has 1 aliphatic heterocycles. The van der Waals surface area contributed by atoms with Gasteiger partial charge >= 0.3 is 0 Å². The van der Waals surface area contributed by atoms with Crippen LogP contribution in [0.4, 0.5) is 0 Å². The van der Waals surface area contributed by atoms with Crippen molar-refractivity contribution in [3.63, 3.8) is 0 Å². The molecule has 32 heavy (non-hydrogen) atoms. The van der Waals surface area contributed by atoms with Crippen molar-refractivity contribution in [3.05, 3.63) is 69.6 Å². The number of benzene rings is 2. The van der Waals surface area contributed by atoms with Crippen molar-refractivity contribution in [1.29, 1.82) is 0 Å². The fourth-order valence-corrected chi connectivity index (χ4v) is 5.61. The van der Waals surface area contributed by atoms with E-state index in [1.54, 1.807) is 17.4 Å². The lowest BCUT2D eigenvalue weighted by Gasteiger charge is -2.23. The summed E-state index contributed by atoms with van der Waals surface area (Å²) < 4.78 is 2.61. The van der Waals surface area contributed by atoms with Crippen LogP contribution in [0, 0.1) is 0 Å². The van der Waals surface area contributed by atoms with Gasteiger partial charge in [-0.3, -0.25) is 9.59 Å². The predicted octanol–water partition coefficient (Wildman–Crippen LogP) is 5.17. The molecule has 2 aromatic heterocycles. The maximum Gasteiger partial charge on any atom is 0.275 e. The van der Waals surface area contributed by atoms with E-state index in [2.05, 4.69) is 18.1 Å². The third kappa shape index (κ3) is 3.71. The molecule has 164 valence electrons. The lowest BCUT2D eigenvalue weighted by atomic mass is 10.1. The molecular formula is C25H26N4O2S. The second kappa shape index (κ2) is 8.82. The normalized spacial score (nSPS) is 16.3. The van der Waals surface area contributed by atoms with Gasteiger partial charge in [0, 0.05) is 18.5 Å². The molecule has 1 saturated heterocycles. The number of thiazole rings is 1. The summed E-state index contributed by atoms with van der Waals surface area (Å²) >= 11 is 1.65. The number of carbonyl (C=O) groups is 1. The molecule has 0 spiro atoms. The van der Waals surface area contributed by atoms with E-state index < -0.39 is 0 Å². The van der Waals surface area contributed by atoms with Gasteiger partial charge in [0.15, 0.2) is 5.69 Å². The fraction of sp³-hybridized carbons (Fsp3) is 0.360. The number of hydrogen-bond donors (Lipinski definition) is 0. The van der Waals surface area contributed by atoms with Crippen LogP contribution in [0.5, 0.6) is 0 Å². The molecule has 0 saturated carbocycles. The number of fused-ring (bicyclic) bond motifs is 2. The minimum absolute atomic E-state index is 0.0547. The monoisotopic (exact) mass is 446 g/mol.